The predicted octanol–water partition coefficient (Wildman–Crippen LogP) is 1.88. The van der Waals surface area contributed by atoms with E-state index in [2.05, 4.69) is 19.2 Å². The first-order valence-electron chi connectivity index (χ1n) is 8.74. The lowest BCUT2D eigenvalue weighted by Gasteiger charge is -2.26. The van der Waals surface area contributed by atoms with Crippen LogP contribution in [0.5, 0.6) is 0 Å². The van der Waals surface area contributed by atoms with Gasteiger partial charge in [0, 0.05) is 17.7 Å². The summed E-state index contributed by atoms with van der Waals surface area (Å²) < 4.78 is 0. The molecule has 0 bridgehead atoms. The molecule has 26 heavy (non-hydrogen) atoms. The van der Waals surface area contributed by atoms with Crippen LogP contribution in [0, 0.1) is 22.5 Å². The zero-order valence-electron chi connectivity index (χ0n) is 15.1. The number of nitrogens with one attached hydrogen (secondary N) is 1. The average Bonchev–Trinajstić information content (AvgIpc) is 2.94. The number of benzene rings is 1. The number of rotatable bonds is 6. The van der Waals surface area contributed by atoms with Gasteiger partial charge in [0.2, 0.25) is 0 Å². The minimum absolute atomic E-state index is 0.0475. The maximum Gasteiger partial charge on any atom is 0.161 e. The predicted molar refractivity (Wildman–Crippen MR) is 96.1 cm³/mol. The fourth-order valence-electron chi connectivity index (χ4n) is 4.24. The first kappa shape index (κ1) is 18.8. The molecular weight excluding hydrogens is 336 g/mol. The van der Waals surface area contributed by atoms with Crippen LogP contribution in [0.2, 0.25) is 0 Å². The van der Waals surface area contributed by atoms with E-state index in [1.807, 2.05) is 6.92 Å². The lowest BCUT2D eigenvalue weighted by Crippen LogP contribution is -2.38. The molecule has 1 aromatic rings. The molecule has 0 heterocycles. The molecule has 4 atom stereocenters. The van der Waals surface area contributed by atoms with Gasteiger partial charge in [0.25, 0.3) is 0 Å². The van der Waals surface area contributed by atoms with Crippen LogP contribution < -0.4 is 10.5 Å². The highest BCUT2D eigenvalue weighted by Gasteiger charge is 2.65. The standard InChI is InChI=1S/C19H25N2O5/c1-10(16-15(23)8-13-17(16)19(13,2)3)20-14(9-22)18(24)11-4-6-12(7-5-11)21(25)26/h4-7,13-14,17-18,20,22,24-25H,8-9H2,1-3H3/q-1/b16-10+/t13-,14?,17-,18?/m1/s1. The van der Waals surface area contributed by atoms with Crippen molar-refractivity contribution in [3.8, 4) is 0 Å². The number of Topliss-reactive ketones (excluding diaryl/α,β-unsaturated/α-hetero) is 1. The van der Waals surface area contributed by atoms with E-state index in [1.165, 1.54) is 24.3 Å². The molecule has 0 amide bonds. The van der Waals surface area contributed by atoms with Crippen molar-refractivity contribution >= 4 is 11.5 Å². The summed E-state index contributed by atoms with van der Waals surface area (Å²) in [5, 5.41) is 42.8. The number of aliphatic hydroxyl groups is 2. The van der Waals surface area contributed by atoms with E-state index in [4.69, 9.17) is 5.21 Å². The first-order valence-corrected chi connectivity index (χ1v) is 8.74. The smallest absolute Gasteiger partial charge is 0.161 e. The van der Waals surface area contributed by atoms with Crippen molar-refractivity contribution < 1.29 is 20.2 Å². The van der Waals surface area contributed by atoms with Crippen molar-refractivity contribution in [2.24, 2.45) is 17.3 Å². The molecule has 2 aliphatic carbocycles. The van der Waals surface area contributed by atoms with E-state index in [0.717, 1.165) is 5.57 Å². The van der Waals surface area contributed by atoms with Crippen molar-refractivity contribution in [1.29, 1.82) is 0 Å². The Bertz CT molecular complexity index is 726. The molecule has 7 nitrogen and oxygen atoms in total. The summed E-state index contributed by atoms with van der Waals surface area (Å²) in [6.45, 7) is 5.79. The highest BCUT2D eigenvalue weighted by Crippen LogP contribution is 2.68. The number of nitrogens with zero attached hydrogens (tertiary/aromatic N) is 1. The van der Waals surface area contributed by atoms with Crippen molar-refractivity contribution in [2.75, 3.05) is 11.8 Å². The lowest BCUT2D eigenvalue weighted by molar-refractivity contribution is -0.115. The molecule has 2 saturated carbocycles. The topological polar surface area (TPSA) is 116 Å². The molecule has 0 radical (unpaired) electrons. The number of fused-ring (bicyclic) bond motifs is 1. The molecule has 2 aliphatic rings. The van der Waals surface area contributed by atoms with Crippen molar-refractivity contribution in [1.82, 2.24) is 5.32 Å². The first-order chi connectivity index (χ1) is 12.2. The van der Waals surface area contributed by atoms with Gasteiger partial charge in [-0.1, -0.05) is 26.0 Å². The second-order valence-corrected chi connectivity index (χ2v) is 7.81. The number of allylic oxidation sites excluding steroid dienone is 2. The van der Waals surface area contributed by atoms with Crippen LogP contribution in [0.3, 0.4) is 0 Å². The maximum atomic E-state index is 12.3. The van der Waals surface area contributed by atoms with Crippen LogP contribution in [-0.4, -0.2) is 33.9 Å². The van der Waals surface area contributed by atoms with Gasteiger partial charge in [-0.2, -0.15) is 0 Å². The largest absolute Gasteiger partial charge is 0.733 e. The summed E-state index contributed by atoms with van der Waals surface area (Å²) in [6.07, 6.45) is -0.477. The van der Waals surface area contributed by atoms with Crippen LogP contribution in [0.1, 0.15) is 38.9 Å². The van der Waals surface area contributed by atoms with Gasteiger partial charge in [0.05, 0.1) is 18.3 Å². The number of aliphatic hydroxyl groups excluding tert-OH is 2. The Morgan fingerprint density at radius 1 is 1.38 bits per heavy atom. The maximum absolute atomic E-state index is 12.3. The zero-order chi connectivity index (χ0) is 19.2. The van der Waals surface area contributed by atoms with Crippen LogP contribution in [0.15, 0.2) is 35.5 Å². The van der Waals surface area contributed by atoms with Gasteiger partial charge < -0.3 is 26.0 Å². The monoisotopic (exact) mass is 361 g/mol. The van der Waals surface area contributed by atoms with Crippen LogP contribution in [-0.2, 0) is 4.79 Å². The second-order valence-electron chi connectivity index (χ2n) is 7.81. The third-order valence-electron chi connectivity index (χ3n) is 5.91. The van der Waals surface area contributed by atoms with Crippen LogP contribution in [0.25, 0.3) is 0 Å². The number of anilines is 1. The number of ketones is 1. The molecule has 2 fully saturated rings. The molecule has 0 spiro atoms. The quantitative estimate of drug-likeness (QED) is 0.451. The van der Waals surface area contributed by atoms with E-state index < -0.39 is 12.1 Å². The highest BCUT2D eigenvalue weighted by molar-refractivity contribution is 6.01. The molecular formula is C19H25N2O5-. The average molecular weight is 361 g/mol. The summed E-state index contributed by atoms with van der Waals surface area (Å²) in [6, 6.07) is 5.08. The van der Waals surface area contributed by atoms with Gasteiger partial charge in [-0.25, -0.2) is 0 Å². The van der Waals surface area contributed by atoms with Gasteiger partial charge in [-0.05, 0) is 41.9 Å². The minimum Gasteiger partial charge on any atom is -0.733 e. The Hall–Kier alpha value is -1.93. The molecule has 3 rings (SSSR count). The second kappa shape index (κ2) is 6.66. The van der Waals surface area contributed by atoms with Crippen LogP contribution in [0.4, 0.5) is 5.69 Å². The fourth-order valence-corrected chi connectivity index (χ4v) is 4.24. The SMILES string of the molecule is C/C(NC(CO)C(O)c1ccc(N([O-])O)cc1)=C1/C(=O)C[C@@H]2[C@H]1C2(C)C. The summed E-state index contributed by atoms with van der Waals surface area (Å²) in [7, 11) is 0. The lowest BCUT2D eigenvalue weighted by atomic mass is 9.94. The van der Waals surface area contributed by atoms with Crippen molar-refractivity contribution in [3.63, 3.8) is 0 Å². The molecule has 2 unspecified atom stereocenters. The summed E-state index contributed by atoms with van der Waals surface area (Å²) in [5.74, 6) is 0.768. The zero-order valence-corrected chi connectivity index (χ0v) is 15.1. The Kier molecular flexibility index (Phi) is 4.83. The van der Waals surface area contributed by atoms with E-state index >= 15 is 0 Å². The Morgan fingerprint density at radius 3 is 2.50 bits per heavy atom. The summed E-state index contributed by atoms with van der Waals surface area (Å²) in [5.41, 5.74) is 2.14. The molecule has 7 heteroatoms. The van der Waals surface area contributed by atoms with E-state index in [1.54, 1.807) is 0 Å². The normalized spacial score (nSPS) is 27.6. The van der Waals surface area contributed by atoms with E-state index in [0.29, 0.717) is 23.6 Å². The van der Waals surface area contributed by atoms with E-state index in [9.17, 15) is 20.2 Å². The molecule has 142 valence electrons. The third-order valence-corrected chi connectivity index (χ3v) is 5.91. The molecule has 0 aromatic heterocycles. The number of hydrogen-bond donors (Lipinski definition) is 4. The van der Waals surface area contributed by atoms with Crippen LogP contribution >= 0.6 is 0 Å². The minimum atomic E-state index is -1.04. The molecule has 0 aliphatic heterocycles. The fraction of sp³-hybridized carbons (Fsp3) is 0.526. The Morgan fingerprint density at radius 2 is 2.00 bits per heavy atom. The molecule has 0 saturated heterocycles. The van der Waals surface area contributed by atoms with Crippen molar-refractivity contribution in [2.45, 2.75) is 39.3 Å². The van der Waals surface area contributed by atoms with Gasteiger partial charge >= 0.3 is 0 Å². The number of carbonyl (C=O) groups excluding carboxylic acids is 1. The summed E-state index contributed by atoms with van der Waals surface area (Å²) in [4.78, 5) is 12.3. The number of hydrogen-bond acceptors (Lipinski definition) is 7. The Labute approximate surface area is 152 Å². The molecule has 4 N–H and O–H groups in total. The summed E-state index contributed by atoms with van der Waals surface area (Å²) >= 11 is 0. The van der Waals surface area contributed by atoms with Gasteiger partial charge in [0.15, 0.2) is 5.78 Å². The Balaban J connectivity index is 1.76. The molecule has 1 aromatic carbocycles. The van der Waals surface area contributed by atoms with E-state index in [-0.39, 0.29) is 34.6 Å². The highest BCUT2D eigenvalue weighted by atomic mass is 16.8. The van der Waals surface area contributed by atoms with Crippen molar-refractivity contribution in [3.05, 3.63) is 46.3 Å². The van der Waals surface area contributed by atoms with Gasteiger partial charge in [-0.15, -0.1) is 0 Å². The van der Waals surface area contributed by atoms with Gasteiger partial charge in [-0.3, -0.25) is 10.0 Å². The number of carbonyl (C=O) groups is 1. The third kappa shape index (κ3) is 3.12. The van der Waals surface area contributed by atoms with Gasteiger partial charge in [0.1, 0.15) is 6.10 Å².